The normalized spacial score (nSPS) is 26.8. The molecule has 45 heavy (non-hydrogen) atoms. The van der Waals surface area contributed by atoms with Crippen molar-refractivity contribution in [2.75, 3.05) is 0 Å². The quantitative estimate of drug-likeness (QED) is 0.105. The van der Waals surface area contributed by atoms with Crippen LogP contribution >= 0.6 is 0 Å². The molecule has 1 saturated carbocycles. The molecule has 2 rings (SSSR count). The molecule has 3 atom stereocenters. The van der Waals surface area contributed by atoms with Gasteiger partial charge in [-0.05, 0) is 70.4 Å². The molecule has 0 radical (unpaired) electrons. The van der Waals surface area contributed by atoms with Crippen molar-refractivity contribution in [3.63, 3.8) is 0 Å². The van der Waals surface area contributed by atoms with E-state index in [9.17, 15) is 24.9 Å². The summed E-state index contributed by atoms with van der Waals surface area (Å²) in [6.07, 6.45) is 20.5. The Labute approximate surface area is 270 Å². The molecule has 0 aliphatic heterocycles. The molecule has 0 amide bonds. The van der Waals surface area contributed by atoms with Crippen molar-refractivity contribution in [1.29, 1.82) is 0 Å². The highest BCUT2D eigenvalue weighted by molar-refractivity contribution is 6.01. The van der Waals surface area contributed by atoms with Crippen molar-refractivity contribution in [3.05, 3.63) is 106 Å². The maximum absolute atomic E-state index is 13.0. The lowest BCUT2D eigenvalue weighted by Gasteiger charge is -2.35. The predicted molar refractivity (Wildman–Crippen MR) is 185 cm³/mol. The van der Waals surface area contributed by atoms with Crippen molar-refractivity contribution in [2.45, 2.75) is 101 Å². The van der Waals surface area contributed by atoms with Gasteiger partial charge >= 0.3 is 0 Å². The van der Waals surface area contributed by atoms with Gasteiger partial charge in [-0.1, -0.05) is 118 Å². The highest BCUT2D eigenvalue weighted by atomic mass is 16.3. The van der Waals surface area contributed by atoms with Crippen LogP contribution in [-0.4, -0.2) is 39.1 Å². The number of ketones is 2. The summed E-state index contributed by atoms with van der Waals surface area (Å²) in [5, 5.41) is 30.6. The second-order valence-electron chi connectivity index (χ2n) is 14.0. The average molecular weight is 613 g/mol. The molecule has 0 aromatic heterocycles. The van der Waals surface area contributed by atoms with Gasteiger partial charge in [-0.2, -0.15) is 0 Å². The minimum atomic E-state index is -0.950. The molecule has 0 bridgehead atoms. The highest BCUT2D eigenvalue weighted by Crippen LogP contribution is 2.53. The first-order chi connectivity index (χ1) is 20.8. The minimum absolute atomic E-state index is 0.0618. The standard InChI is InChI=1S/C40H52O5/c1-27(17-13-18-29(3)21-22-33-31(5)37(45)35(43)26-38(33,6)7)15-11-12-16-28(2)19-14-20-30(4)34(42)23-36(44)40(10)25-32(41)24-39(40,8)9/h11-20,23,32,35,41-43H,24-26H2,1-10H3/b12-11+,17-13+,19-14+,27-15+,28-16+,29-18+,30-20+,34-23-. The molecule has 0 saturated heterocycles. The molecular formula is C40H52O5. The van der Waals surface area contributed by atoms with Crippen LogP contribution < -0.4 is 0 Å². The monoisotopic (exact) mass is 612 g/mol. The molecule has 3 unspecified atom stereocenters. The fourth-order valence-electron chi connectivity index (χ4n) is 5.79. The second-order valence-corrected chi connectivity index (χ2v) is 14.0. The SMILES string of the molecule is CC1=C(C#C/C(C)=C/C=C/C(C)=C/C=C/C=C(C)/C=C/C=C(C)/C(O)=C/C(=O)C2(C)CC(O)CC2(C)C)C(C)(C)CC(O)C1=O. The Morgan fingerprint density at radius 2 is 1.38 bits per heavy atom. The summed E-state index contributed by atoms with van der Waals surface area (Å²) >= 11 is 0. The van der Waals surface area contributed by atoms with E-state index in [1.54, 1.807) is 19.9 Å². The summed E-state index contributed by atoms with van der Waals surface area (Å²) in [6, 6.07) is 0. The number of rotatable bonds is 9. The van der Waals surface area contributed by atoms with E-state index < -0.39 is 17.6 Å². The molecule has 0 aromatic carbocycles. The fraction of sp³-hybridized carbons (Fsp3) is 0.450. The maximum Gasteiger partial charge on any atom is 0.187 e. The number of allylic oxidation sites excluding steroid dienone is 16. The molecule has 5 nitrogen and oxygen atoms in total. The third-order valence-corrected chi connectivity index (χ3v) is 9.15. The lowest BCUT2D eigenvalue weighted by atomic mass is 9.66. The van der Waals surface area contributed by atoms with Crippen LogP contribution in [0.15, 0.2) is 106 Å². The zero-order valence-electron chi connectivity index (χ0n) is 28.8. The lowest BCUT2D eigenvalue weighted by Crippen LogP contribution is -2.36. The van der Waals surface area contributed by atoms with E-state index in [1.807, 2.05) is 110 Å². The van der Waals surface area contributed by atoms with Gasteiger partial charge in [-0.25, -0.2) is 0 Å². The molecule has 0 heterocycles. The van der Waals surface area contributed by atoms with Crippen LogP contribution in [0.25, 0.3) is 0 Å². The number of carbonyl (C=O) groups is 2. The Kier molecular flexibility index (Phi) is 12.9. The van der Waals surface area contributed by atoms with Gasteiger partial charge in [0, 0.05) is 28.1 Å². The van der Waals surface area contributed by atoms with Crippen molar-refractivity contribution >= 4 is 11.6 Å². The summed E-state index contributed by atoms with van der Waals surface area (Å²) in [4.78, 5) is 25.2. The number of hydrogen-bond acceptors (Lipinski definition) is 5. The van der Waals surface area contributed by atoms with Crippen molar-refractivity contribution in [2.24, 2.45) is 16.2 Å². The van der Waals surface area contributed by atoms with E-state index in [0.29, 0.717) is 30.4 Å². The number of carbonyl (C=O) groups excluding carboxylic acids is 2. The van der Waals surface area contributed by atoms with E-state index in [2.05, 4.69) is 11.8 Å². The Balaban J connectivity index is 1.97. The van der Waals surface area contributed by atoms with Gasteiger partial charge in [-0.15, -0.1) is 0 Å². The fourth-order valence-corrected chi connectivity index (χ4v) is 5.79. The number of aliphatic hydroxyl groups is 3. The Hall–Kier alpha value is -3.72. The van der Waals surface area contributed by atoms with Gasteiger partial charge in [0.25, 0.3) is 0 Å². The molecule has 242 valence electrons. The molecule has 2 aliphatic rings. The third kappa shape index (κ3) is 10.1. The molecule has 5 heteroatoms. The summed E-state index contributed by atoms with van der Waals surface area (Å²) in [5.74, 6) is 5.85. The molecule has 2 aliphatic carbocycles. The second kappa shape index (κ2) is 15.5. The van der Waals surface area contributed by atoms with Crippen LogP contribution in [0, 0.1) is 28.1 Å². The van der Waals surface area contributed by atoms with Crippen LogP contribution in [0.1, 0.15) is 88.5 Å². The minimum Gasteiger partial charge on any atom is -0.508 e. The van der Waals surface area contributed by atoms with E-state index in [4.69, 9.17) is 0 Å². The van der Waals surface area contributed by atoms with Gasteiger partial charge in [0.15, 0.2) is 11.6 Å². The molecule has 3 N–H and O–H groups in total. The van der Waals surface area contributed by atoms with Crippen LogP contribution in [0.2, 0.25) is 0 Å². The first kappa shape index (κ1) is 37.5. The van der Waals surface area contributed by atoms with Crippen molar-refractivity contribution in [1.82, 2.24) is 0 Å². The van der Waals surface area contributed by atoms with Crippen LogP contribution in [-0.2, 0) is 9.59 Å². The maximum atomic E-state index is 13.0. The smallest absolute Gasteiger partial charge is 0.187 e. The first-order valence-corrected chi connectivity index (χ1v) is 15.6. The van der Waals surface area contributed by atoms with Gasteiger partial charge < -0.3 is 15.3 Å². The molecule has 1 fully saturated rings. The zero-order valence-corrected chi connectivity index (χ0v) is 28.8. The van der Waals surface area contributed by atoms with Crippen molar-refractivity contribution < 1.29 is 24.9 Å². The summed E-state index contributed by atoms with van der Waals surface area (Å²) in [6.45, 7) is 19.3. The van der Waals surface area contributed by atoms with Crippen molar-refractivity contribution in [3.8, 4) is 11.8 Å². The molecular weight excluding hydrogens is 560 g/mol. The first-order valence-electron chi connectivity index (χ1n) is 15.6. The Morgan fingerprint density at radius 1 is 0.822 bits per heavy atom. The zero-order chi connectivity index (χ0) is 34.2. The molecule has 0 aromatic rings. The summed E-state index contributed by atoms with van der Waals surface area (Å²) in [7, 11) is 0. The Morgan fingerprint density at radius 3 is 1.91 bits per heavy atom. The summed E-state index contributed by atoms with van der Waals surface area (Å²) in [5.41, 5.74) is 3.49. The van der Waals surface area contributed by atoms with Gasteiger partial charge in [0.1, 0.15) is 11.9 Å². The number of Topliss-reactive ketones (excluding diaryl/α,β-unsaturated/α-hetero) is 1. The molecule has 0 spiro atoms. The third-order valence-electron chi connectivity index (χ3n) is 9.15. The van der Waals surface area contributed by atoms with Crippen LogP contribution in [0.4, 0.5) is 0 Å². The lowest BCUT2D eigenvalue weighted by molar-refractivity contribution is -0.128. The largest absolute Gasteiger partial charge is 0.508 e. The Bertz CT molecular complexity index is 1500. The van der Waals surface area contributed by atoms with Crippen LogP contribution in [0.3, 0.4) is 0 Å². The van der Waals surface area contributed by atoms with Gasteiger partial charge in [-0.3, -0.25) is 9.59 Å². The van der Waals surface area contributed by atoms with Crippen LogP contribution in [0.5, 0.6) is 0 Å². The average Bonchev–Trinajstić information content (AvgIpc) is 3.15. The number of aliphatic hydroxyl groups excluding tert-OH is 3. The predicted octanol–water partition coefficient (Wildman–Crippen LogP) is 8.32. The van der Waals surface area contributed by atoms with E-state index in [-0.39, 0.29) is 28.2 Å². The van der Waals surface area contributed by atoms with Gasteiger partial charge in [0.2, 0.25) is 0 Å². The van der Waals surface area contributed by atoms with Gasteiger partial charge in [0.05, 0.1) is 6.10 Å². The van der Waals surface area contributed by atoms with E-state index in [0.717, 1.165) is 22.3 Å². The summed E-state index contributed by atoms with van der Waals surface area (Å²) < 4.78 is 0. The highest BCUT2D eigenvalue weighted by Gasteiger charge is 2.53. The number of hydrogen-bond donors (Lipinski definition) is 3. The topological polar surface area (TPSA) is 94.8 Å². The van der Waals surface area contributed by atoms with E-state index >= 15 is 0 Å². The van der Waals surface area contributed by atoms with E-state index in [1.165, 1.54) is 6.08 Å².